The molecule has 0 atom stereocenters. The number of halogens is 1. The van der Waals surface area contributed by atoms with Crippen LogP contribution in [0.2, 0.25) is 5.15 Å². The molecule has 0 unspecified atom stereocenters. The van der Waals surface area contributed by atoms with Crippen LogP contribution in [0.3, 0.4) is 0 Å². The van der Waals surface area contributed by atoms with Gasteiger partial charge in [0.25, 0.3) is 0 Å². The number of hydrogen-bond acceptors (Lipinski definition) is 4. The number of nitrogen functional groups attached to an aromatic ring is 1. The Bertz CT molecular complexity index is 366. The summed E-state index contributed by atoms with van der Waals surface area (Å²) in [5, 5.41) is 3.55. The van der Waals surface area contributed by atoms with Gasteiger partial charge in [0.15, 0.2) is 11.0 Å². The summed E-state index contributed by atoms with van der Waals surface area (Å²) >= 11 is 6.00. The normalized spacial score (nSPS) is 10.9. The first kappa shape index (κ1) is 14.0. The van der Waals surface area contributed by atoms with E-state index in [1.807, 2.05) is 0 Å². The number of unbranched alkanes of at least 4 members (excludes halogenated alkanes) is 1. The monoisotopic (exact) mass is 256 g/mol. The maximum absolute atomic E-state index is 6.00. The van der Waals surface area contributed by atoms with E-state index >= 15 is 0 Å². The van der Waals surface area contributed by atoms with Crippen molar-refractivity contribution >= 4 is 23.1 Å². The third-order valence-electron chi connectivity index (χ3n) is 2.36. The van der Waals surface area contributed by atoms with Gasteiger partial charge in [-0.2, -0.15) is 0 Å². The Balaban J connectivity index is 2.82. The van der Waals surface area contributed by atoms with Gasteiger partial charge in [0.1, 0.15) is 11.5 Å². The lowest BCUT2D eigenvalue weighted by molar-refractivity contribution is 0.621. The summed E-state index contributed by atoms with van der Waals surface area (Å²) in [5.74, 6) is 1.91. The minimum absolute atomic E-state index is 0.342. The lowest BCUT2D eigenvalue weighted by atomic mass is 10.1. The smallest absolute Gasteiger partial charge is 0.157 e. The fourth-order valence-corrected chi connectivity index (χ4v) is 1.65. The predicted octanol–water partition coefficient (Wildman–Crippen LogP) is 3.12. The van der Waals surface area contributed by atoms with Crippen molar-refractivity contribution in [1.82, 2.24) is 9.97 Å². The van der Waals surface area contributed by atoms with Crippen molar-refractivity contribution in [3.63, 3.8) is 0 Å². The van der Waals surface area contributed by atoms with Crippen molar-refractivity contribution in [2.45, 2.75) is 40.0 Å². The Hall–Kier alpha value is -1.03. The molecule has 1 aromatic heterocycles. The molecule has 0 saturated carbocycles. The van der Waals surface area contributed by atoms with Crippen LogP contribution in [-0.2, 0) is 6.42 Å². The van der Waals surface area contributed by atoms with E-state index in [0.717, 1.165) is 31.6 Å². The summed E-state index contributed by atoms with van der Waals surface area (Å²) in [5.41, 5.74) is 6.29. The largest absolute Gasteiger partial charge is 0.393 e. The van der Waals surface area contributed by atoms with Crippen LogP contribution in [0.4, 0.5) is 11.5 Å². The van der Waals surface area contributed by atoms with E-state index in [0.29, 0.717) is 22.6 Å². The van der Waals surface area contributed by atoms with Crippen LogP contribution in [0.25, 0.3) is 0 Å². The third kappa shape index (κ3) is 4.38. The molecule has 0 bridgehead atoms. The minimum Gasteiger partial charge on any atom is -0.393 e. The highest BCUT2D eigenvalue weighted by molar-refractivity contribution is 6.32. The number of rotatable bonds is 6. The summed E-state index contributed by atoms with van der Waals surface area (Å²) in [6.07, 6.45) is 3.02. The quantitative estimate of drug-likeness (QED) is 0.606. The van der Waals surface area contributed by atoms with Crippen molar-refractivity contribution < 1.29 is 0 Å². The van der Waals surface area contributed by atoms with Gasteiger partial charge in [-0.3, -0.25) is 0 Å². The zero-order valence-electron chi connectivity index (χ0n) is 10.8. The molecule has 5 heteroatoms. The molecule has 17 heavy (non-hydrogen) atoms. The molecule has 96 valence electrons. The lowest BCUT2D eigenvalue weighted by Gasteiger charge is -2.11. The zero-order valence-corrected chi connectivity index (χ0v) is 11.5. The Morgan fingerprint density at radius 3 is 2.65 bits per heavy atom. The third-order valence-corrected chi connectivity index (χ3v) is 2.65. The number of nitrogens with one attached hydrogen (secondary N) is 1. The van der Waals surface area contributed by atoms with Crippen molar-refractivity contribution in [3.8, 4) is 0 Å². The first-order chi connectivity index (χ1) is 8.04. The molecule has 4 nitrogen and oxygen atoms in total. The second-order valence-electron chi connectivity index (χ2n) is 4.57. The molecule has 1 rings (SSSR count). The van der Waals surface area contributed by atoms with Crippen molar-refractivity contribution in [3.05, 3.63) is 11.0 Å². The Labute approximate surface area is 108 Å². The van der Waals surface area contributed by atoms with Crippen molar-refractivity contribution in [1.29, 1.82) is 0 Å². The molecule has 0 spiro atoms. The highest BCUT2D eigenvalue weighted by atomic mass is 35.5. The van der Waals surface area contributed by atoms with Gasteiger partial charge >= 0.3 is 0 Å². The second kappa shape index (κ2) is 6.64. The van der Waals surface area contributed by atoms with Gasteiger partial charge in [0.05, 0.1) is 0 Å². The summed E-state index contributed by atoms with van der Waals surface area (Å²) in [4.78, 5) is 8.60. The number of anilines is 2. The molecule has 1 aromatic rings. The Morgan fingerprint density at radius 2 is 2.06 bits per heavy atom. The number of hydrogen-bond donors (Lipinski definition) is 2. The molecule has 0 radical (unpaired) electrons. The van der Waals surface area contributed by atoms with Gasteiger partial charge in [-0.05, 0) is 12.3 Å². The average molecular weight is 257 g/mol. The van der Waals surface area contributed by atoms with Crippen LogP contribution in [-0.4, -0.2) is 16.5 Å². The van der Waals surface area contributed by atoms with Crippen LogP contribution < -0.4 is 11.1 Å². The van der Waals surface area contributed by atoms with E-state index in [-0.39, 0.29) is 0 Å². The van der Waals surface area contributed by atoms with E-state index in [1.54, 1.807) is 0 Å². The molecular formula is C12H21ClN4. The van der Waals surface area contributed by atoms with Gasteiger partial charge in [-0.25, -0.2) is 9.97 Å². The highest BCUT2D eigenvalue weighted by Crippen LogP contribution is 2.24. The summed E-state index contributed by atoms with van der Waals surface area (Å²) in [6, 6.07) is 0. The molecule has 0 aliphatic carbocycles. The van der Waals surface area contributed by atoms with Gasteiger partial charge in [0.2, 0.25) is 0 Å². The molecule has 3 N–H and O–H groups in total. The van der Waals surface area contributed by atoms with Crippen molar-refractivity contribution in [2.75, 3.05) is 17.6 Å². The first-order valence-corrected chi connectivity index (χ1v) is 6.48. The maximum Gasteiger partial charge on any atom is 0.157 e. The fraction of sp³-hybridized carbons (Fsp3) is 0.667. The summed E-state index contributed by atoms with van der Waals surface area (Å²) in [6.45, 7) is 7.24. The van der Waals surface area contributed by atoms with Crippen LogP contribution in [0.5, 0.6) is 0 Å². The number of nitrogens with zero attached hydrogens (tertiary/aromatic N) is 2. The molecule has 1 heterocycles. The van der Waals surface area contributed by atoms with Gasteiger partial charge in [0, 0.05) is 13.0 Å². The summed E-state index contributed by atoms with van der Waals surface area (Å²) in [7, 11) is 0. The maximum atomic E-state index is 6.00. The van der Waals surface area contributed by atoms with E-state index in [2.05, 4.69) is 36.1 Å². The molecule has 0 amide bonds. The molecule has 0 aromatic carbocycles. The Morgan fingerprint density at radius 1 is 1.35 bits per heavy atom. The molecule has 0 saturated heterocycles. The van der Waals surface area contributed by atoms with Gasteiger partial charge in [-0.1, -0.05) is 38.8 Å². The standard InChI is InChI=1S/C12H21ClN4/c1-4-5-6-15-12-10(14)11(13)16-9(17-12)7-8(2)3/h8H,4-7,14H2,1-3H3,(H,15,16,17). The average Bonchev–Trinajstić information content (AvgIpc) is 2.24. The van der Waals surface area contributed by atoms with Gasteiger partial charge < -0.3 is 11.1 Å². The zero-order chi connectivity index (χ0) is 12.8. The Kier molecular flexibility index (Phi) is 5.48. The van der Waals surface area contributed by atoms with E-state index in [4.69, 9.17) is 17.3 Å². The fourth-order valence-electron chi connectivity index (χ4n) is 1.46. The molecule has 0 fully saturated rings. The second-order valence-corrected chi connectivity index (χ2v) is 4.93. The van der Waals surface area contributed by atoms with Crippen LogP contribution >= 0.6 is 11.6 Å². The SMILES string of the molecule is CCCCNc1nc(CC(C)C)nc(Cl)c1N. The topological polar surface area (TPSA) is 63.8 Å². The van der Waals surface area contributed by atoms with Crippen LogP contribution in [0.15, 0.2) is 0 Å². The van der Waals surface area contributed by atoms with E-state index < -0.39 is 0 Å². The number of nitrogens with two attached hydrogens (primary N) is 1. The van der Waals surface area contributed by atoms with Gasteiger partial charge in [-0.15, -0.1) is 0 Å². The highest BCUT2D eigenvalue weighted by Gasteiger charge is 2.10. The lowest BCUT2D eigenvalue weighted by Crippen LogP contribution is -2.10. The minimum atomic E-state index is 0.342. The molecular weight excluding hydrogens is 236 g/mol. The van der Waals surface area contributed by atoms with Crippen molar-refractivity contribution in [2.24, 2.45) is 5.92 Å². The van der Waals surface area contributed by atoms with Crippen LogP contribution in [0, 0.1) is 5.92 Å². The first-order valence-electron chi connectivity index (χ1n) is 6.10. The van der Waals surface area contributed by atoms with E-state index in [1.165, 1.54) is 0 Å². The summed E-state index contributed by atoms with van der Waals surface area (Å²) < 4.78 is 0. The van der Waals surface area contributed by atoms with Crippen LogP contribution in [0.1, 0.15) is 39.4 Å². The molecule has 0 aliphatic rings. The predicted molar refractivity (Wildman–Crippen MR) is 73.4 cm³/mol. The molecule has 0 aliphatic heterocycles. The number of aromatic nitrogens is 2. The van der Waals surface area contributed by atoms with E-state index in [9.17, 15) is 0 Å².